The molecule has 4 nitrogen and oxygen atoms in total. The summed E-state index contributed by atoms with van der Waals surface area (Å²) >= 11 is 0. The Bertz CT molecular complexity index is 240. The zero-order chi connectivity index (χ0) is 12.1. The molecule has 0 aliphatic carbocycles. The van der Waals surface area contributed by atoms with Crippen molar-refractivity contribution in [2.24, 2.45) is 11.8 Å². The number of rotatable bonds is 7. The summed E-state index contributed by atoms with van der Waals surface area (Å²) in [4.78, 5) is 29.0. The van der Waals surface area contributed by atoms with E-state index in [1.165, 1.54) is 0 Å². The lowest BCUT2D eigenvalue weighted by Gasteiger charge is -2.22. The maximum absolute atomic E-state index is 11.4. The molecule has 0 aromatic rings. The van der Waals surface area contributed by atoms with Crippen molar-refractivity contribution in [3.63, 3.8) is 0 Å². The van der Waals surface area contributed by atoms with Crippen LogP contribution >= 0.6 is 7.60 Å². The molecule has 90 valence electrons. The number of carbonyl (C=O) groups excluding carboxylic acids is 1. The van der Waals surface area contributed by atoms with Crippen molar-refractivity contribution in [1.82, 2.24) is 0 Å². The molecule has 15 heavy (non-hydrogen) atoms. The summed E-state index contributed by atoms with van der Waals surface area (Å²) in [6.45, 7) is 5.64. The summed E-state index contributed by atoms with van der Waals surface area (Å²) in [6, 6.07) is 0. The van der Waals surface area contributed by atoms with Crippen molar-refractivity contribution in [1.29, 1.82) is 0 Å². The molecule has 1 atom stereocenters. The van der Waals surface area contributed by atoms with Crippen LogP contribution < -0.4 is 0 Å². The Kier molecular flexibility index (Phi) is 6.34. The molecular formula is C10H21O4P. The largest absolute Gasteiger partial charge is 0.391 e. The summed E-state index contributed by atoms with van der Waals surface area (Å²) in [6.07, 6.45) is 3.56. The van der Waals surface area contributed by atoms with Gasteiger partial charge in [-0.05, 0) is 5.92 Å². The van der Waals surface area contributed by atoms with E-state index in [9.17, 15) is 9.36 Å². The Balaban J connectivity index is 4.55. The smallest absolute Gasteiger partial charge is 0.319 e. The first-order valence-corrected chi connectivity index (χ1v) is 7.05. The van der Waals surface area contributed by atoms with Crippen LogP contribution in [0.25, 0.3) is 0 Å². The molecule has 0 heterocycles. The molecular weight excluding hydrogens is 215 g/mol. The molecule has 2 N–H and O–H groups in total. The van der Waals surface area contributed by atoms with Gasteiger partial charge in [-0.25, -0.2) is 0 Å². The van der Waals surface area contributed by atoms with Crippen LogP contribution in [0.15, 0.2) is 0 Å². The van der Waals surface area contributed by atoms with Crippen molar-refractivity contribution in [2.45, 2.75) is 46.5 Å². The average Bonchev–Trinajstić information content (AvgIpc) is 2.14. The van der Waals surface area contributed by atoms with Gasteiger partial charge in [0.25, 0.3) is 0 Å². The molecule has 0 aromatic carbocycles. The average molecular weight is 236 g/mol. The van der Waals surface area contributed by atoms with E-state index in [0.717, 1.165) is 25.7 Å². The third-order valence-corrected chi connectivity index (χ3v) is 3.68. The van der Waals surface area contributed by atoms with Crippen molar-refractivity contribution >= 4 is 13.1 Å². The molecule has 0 aromatic heterocycles. The van der Waals surface area contributed by atoms with Crippen molar-refractivity contribution in [3.05, 3.63) is 0 Å². The number of hydrogen-bond acceptors (Lipinski definition) is 2. The molecule has 5 heteroatoms. The van der Waals surface area contributed by atoms with E-state index in [2.05, 4.69) is 0 Å². The van der Waals surface area contributed by atoms with Gasteiger partial charge in [-0.15, -0.1) is 0 Å². The minimum absolute atomic E-state index is 0.0973. The van der Waals surface area contributed by atoms with Crippen molar-refractivity contribution < 1.29 is 19.1 Å². The van der Waals surface area contributed by atoms with Crippen LogP contribution in [0.1, 0.15) is 46.5 Å². The van der Waals surface area contributed by atoms with Gasteiger partial charge in [0, 0.05) is 5.92 Å². The predicted molar refractivity (Wildman–Crippen MR) is 59.5 cm³/mol. The molecule has 0 saturated carbocycles. The maximum Gasteiger partial charge on any atom is 0.391 e. The van der Waals surface area contributed by atoms with E-state index in [4.69, 9.17) is 9.79 Å². The van der Waals surface area contributed by atoms with E-state index < -0.39 is 19.0 Å². The normalized spacial score (nSPS) is 14.3. The van der Waals surface area contributed by atoms with Gasteiger partial charge in [0.15, 0.2) is 0 Å². The van der Waals surface area contributed by atoms with E-state index in [1.807, 2.05) is 13.8 Å². The first-order valence-electron chi connectivity index (χ1n) is 5.44. The van der Waals surface area contributed by atoms with Gasteiger partial charge in [-0.2, -0.15) is 0 Å². The molecule has 0 amide bonds. The lowest BCUT2D eigenvalue weighted by Crippen LogP contribution is -2.21. The molecule has 1 unspecified atom stereocenters. The van der Waals surface area contributed by atoms with Gasteiger partial charge in [0.05, 0.1) is 0 Å². The van der Waals surface area contributed by atoms with Gasteiger partial charge < -0.3 is 9.79 Å². The molecule has 0 saturated heterocycles. The minimum Gasteiger partial charge on any atom is -0.319 e. The van der Waals surface area contributed by atoms with Crippen LogP contribution in [0, 0.1) is 11.8 Å². The lowest BCUT2D eigenvalue weighted by molar-refractivity contribution is -0.118. The SMILES string of the molecule is CCCC(CCC)C(C)C(=O)P(=O)(O)O. The molecule has 0 rings (SSSR count). The Morgan fingerprint density at radius 3 is 1.87 bits per heavy atom. The Hall–Kier alpha value is -0.180. The molecule has 0 spiro atoms. The predicted octanol–water partition coefficient (Wildman–Crippen LogP) is 2.54. The minimum atomic E-state index is -4.55. The third-order valence-electron chi connectivity index (χ3n) is 2.70. The first kappa shape index (κ1) is 14.8. The molecule has 0 aliphatic rings. The highest BCUT2D eigenvalue weighted by Crippen LogP contribution is 2.42. The van der Waals surface area contributed by atoms with Gasteiger partial charge in [-0.3, -0.25) is 9.36 Å². The van der Waals surface area contributed by atoms with Crippen LogP contribution in [0.2, 0.25) is 0 Å². The van der Waals surface area contributed by atoms with Gasteiger partial charge in [-0.1, -0.05) is 46.5 Å². The van der Waals surface area contributed by atoms with E-state index in [1.54, 1.807) is 6.92 Å². The molecule has 0 bridgehead atoms. The molecule has 0 aliphatic heterocycles. The van der Waals surface area contributed by atoms with Gasteiger partial charge in [0.2, 0.25) is 5.52 Å². The monoisotopic (exact) mass is 236 g/mol. The van der Waals surface area contributed by atoms with Crippen LogP contribution in [0.3, 0.4) is 0 Å². The topological polar surface area (TPSA) is 74.6 Å². The fourth-order valence-corrected chi connectivity index (χ4v) is 2.59. The number of hydrogen-bond donors (Lipinski definition) is 2. The quantitative estimate of drug-likeness (QED) is 0.666. The Morgan fingerprint density at radius 1 is 1.20 bits per heavy atom. The second kappa shape index (κ2) is 6.41. The zero-order valence-corrected chi connectivity index (χ0v) is 10.5. The maximum atomic E-state index is 11.4. The van der Waals surface area contributed by atoms with Crippen LogP contribution in [-0.4, -0.2) is 15.3 Å². The standard InChI is InChI=1S/C10H21O4P/c1-4-6-9(7-5-2)8(3)10(11)15(12,13)14/h8-9H,4-7H2,1-3H3,(H2,12,13,14). The van der Waals surface area contributed by atoms with E-state index in [0.29, 0.717) is 0 Å². The van der Waals surface area contributed by atoms with Crippen LogP contribution in [0.4, 0.5) is 0 Å². The summed E-state index contributed by atoms with van der Waals surface area (Å²) in [5.74, 6) is -0.439. The van der Waals surface area contributed by atoms with Gasteiger partial charge in [0.1, 0.15) is 0 Å². The summed E-state index contributed by atoms with van der Waals surface area (Å²) < 4.78 is 10.8. The van der Waals surface area contributed by atoms with Crippen LogP contribution in [-0.2, 0) is 9.36 Å². The van der Waals surface area contributed by atoms with E-state index >= 15 is 0 Å². The zero-order valence-electron chi connectivity index (χ0n) is 9.64. The Labute approximate surface area is 91.2 Å². The van der Waals surface area contributed by atoms with Crippen molar-refractivity contribution in [2.75, 3.05) is 0 Å². The van der Waals surface area contributed by atoms with Gasteiger partial charge >= 0.3 is 7.60 Å². The van der Waals surface area contributed by atoms with Crippen LogP contribution in [0.5, 0.6) is 0 Å². The van der Waals surface area contributed by atoms with Crippen molar-refractivity contribution in [3.8, 4) is 0 Å². The lowest BCUT2D eigenvalue weighted by atomic mass is 9.87. The highest BCUT2D eigenvalue weighted by molar-refractivity contribution is 7.70. The fraction of sp³-hybridized carbons (Fsp3) is 0.900. The number of carbonyl (C=O) groups is 1. The summed E-state index contributed by atoms with van der Waals surface area (Å²) in [7, 11) is -4.55. The second-order valence-electron chi connectivity index (χ2n) is 4.01. The fourth-order valence-electron chi connectivity index (χ4n) is 1.85. The highest BCUT2D eigenvalue weighted by Gasteiger charge is 2.34. The molecule has 0 radical (unpaired) electrons. The Morgan fingerprint density at radius 2 is 1.60 bits per heavy atom. The first-order chi connectivity index (χ1) is 6.84. The highest BCUT2D eigenvalue weighted by atomic mass is 31.2. The summed E-state index contributed by atoms with van der Waals surface area (Å²) in [5.41, 5.74) is -0.908. The second-order valence-corrected chi connectivity index (χ2v) is 5.54. The van der Waals surface area contributed by atoms with E-state index in [-0.39, 0.29) is 5.92 Å². The third kappa shape index (κ3) is 4.92. The summed E-state index contributed by atoms with van der Waals surface area (Å²) in [5, 5.41) is 0. The molecule has 0 fully saturated rings.